The Morgan fingerprint density at radius 1 is 1.24 bits per heavy atom. The van der Waals surface area contributed by atoms with Crippen LogP contribution in [-0.2, 0) is 9.53 Å². The fraction of sp³-hybridized carbons (Fsp3) is 0.100. The number of nitro benzene ring substituents is 1. The molecule has 0 atom stereocenters. The molecule has 0 aromatic heterocycles. The summed E-state index contributed by atoms with van der Waals surface area (Å²) >= 11 is 0.994. The number of hydrogen-bond donors (Lipinski definition) is 2. The number of carbonyl (C=O) groups excluding carboxylic acids is 1. The number of thioether (sulfide) groups is 1. The minimum atomic E-state index is -0.795. The molecule has 1 aliphatic heterocycles. The summed E-state index contributed by atoms with van der Waals surface area (Å²) in [6, 6.07) is 10.8. The summed E-state index contributed by atoms with van der Waals surface area (Å²) in [5.74, 6) is -1.08. The van der Waals surface area contributed by atoms with Crippen molar-refractivity contribution in [2.75, 3.05) is 7.11 Å². The summed E-state index contributed by atoms with van der Waals surface area (Å²) < 4.78 is 4.74. The Morgan fingerprint density at radius 3 is 2.66 bits per heavy atom. The number of aryl methyl sites for hydroxylation is 1. The molecular weight excluding hydrogens is 396 g/mol. The number of methoxy groups -OCH3 is 1. The van der Waals surface area contributed by atoms with Crippen molar-refractivity contribution in [3.8, 4) is 5.75 Å². The molecule has 0 spiro atoms. The lowest BCUT2D eigenvalue weighted by molar-refractivity contribution is -0.384. The Balaban J connectivity index is 2.09. The van der Waals surface area contributed by atoms with E-state index in [4.69, 9.17) is 4.74 Å². The van der Waals surface area contributed by atoms with Gasteiger partial charge in [-0.25, -0.2) is 9.79 Å². The van der Waals surface area contributed by atoms with Gasteiger partial charge in [0.1, 0.15) is 22.1 Å². The largest absolute Gasteiger partial charge is 0.507 e. The first-order valence-corrected chi connectivity index (χ1v) is 9.17. The summed E-state index contributed by atoms with van der Waals surface area (Å²) in [6.07, 6.45) is 1.53. The number of para-hydroxylation sites is 1. The van der Waals surface area contributed by atoms with Crippen molar-refractivity contribution in [2.45, 2.75) is 6.92 Å². The lowest BCUT2D eigenvalue weighted by Crippen LogP contribution is -2.10. The van der Waals surface area contributed by atoms with E-state index in [1.54, 1.807) is 31.2 Å². The number of carbonyl (C=O) groups is 1. The molecule has 0 fully saturated rings. The summed E-state index contributed by atoms with van der Waals surface area (Å²) in [5, 5.41) is 31.9. The van der Waals surface area contributed by atoms with E-state index >= 15 is 0 Å². The van der Waals surface area contributed by atoms with E-state index in [1.807, 2.05) is 0 Å². The third kappa shape index (κ3) is 4.14. The van der Waals surface area contributed by atoms with Gasteiger partial charge < -0.3 is 14.9 Å². The van der Waals surface area contributed by atoms with Gasteiger partial charge in [0.05, 0.1) is 22.6 Å². The van der Waals surface area contributed by atoms with E-state index < -0.39 is 10.9 Å². The van der Waals surface area contributed by atoms with Crippen molar-refractivity contribution in [1.82, 2.24) is 0 Å². The fourth-order valence-electron chi connectivity index (χ4n) is 2.62. The molecular formula is C20H16N2O6S. The number of nitro groups is 1. The zero-order chi connectivity index (χ0) is 21.1. The number of hydrogen-bond acceptors (Lipinski definition) is 8. The lowest BCUT2D eigenvalue weighted by Gasteiger charge is -2.04. The Labute approximate surface area is 170 Å². The van der Waals surface area contributed by atoms with Gasteiger partial charge in [-0.1, -0.05) is 36.0 Å². The van der Waals surface area contributed by atoms with Gasteiger partial charge >= 0.3 is 5.97 Å². The second-order valence-electron chi connectivity index (χ2n) is 6.03. The van der Waals surface area contributed by atoms with E-state index in [1.165, 1.54) is 31.4 Å². The van der Waals surface area contributed by atoms with Crippen molar-refractivity contribution in [3.05, 3.63) is 79.9 Å². The monoisotopic (exact) mass is 412 g/mol. The van der Waals surface area contributed by atoms with Gasteiger partial charge in [-0.15, -0.1) is 0 Å². The number of esters is 1. The molecule has 1 heterocycles. The number of benzene rings is 2. The Hall–Kier alpha value is -3.59. The van der Waals surface area contributed by atoms with Crippen LogP contribution in [0.2, 0.25) is 0 Å². The number of aliphatic hydroxyl groups excluding tert-OH is 1. The van der Waals surface area contributed by atoms with Gasteiger partial charge in [-0.3, -0.25) is 10.1 Å². The topological polar surface area (TPSA) is 122 Å². The predicted molar refractivity (Wildman–Crippen MR) is 110 cm³/mol. The maximum absolute atomic E-state index is 12.2. The smallest absolute Gasteiger partial charge is 0.344 e. The van der Waals surface area contributed by atoms with Gasteiger partial charge in [-0.05, 0) is 24.6 Å². The van der Waals surface area contributed by atoms with Crippen molar-refractivity contribution >= 4 is 40.2 Å². The van der Waals surface area contributed by atoms with Crippen LogP contribution in [0.3, 0.4) is 0 Å². The van der Waals surface area contributed by atoms with Crippen molar-refractivity contribution in [3.63, 3.8) is 0 Å². The van der Waals surface area contributed by atoms with Gasteiger partial charge in [0.15, 0.2) is 0 Å². The maximum atomic E-state index is 12.2. The molecule has 2 aromatic carbocycles. The van der Waals surface area contributed by atoms with Crippen LogP contribution in [0, 0.1) is 17.0 Å². The van der Waals surface area contributed by atoms with Crippen LogP contribution < -0.4 is 0 Å². The molecule has 0 saturated heterocycles. The number of phenols is 1. The van der Waals surface area contributed by atoms with Crippen LogP contribution in [0.4, 0.5) is 11.4 Å². The van der Waals surface area contributed by atoms with Crippen LogP contribution >= 0.6 is 11.8 Å². The van der Waals surface area contributed by atoms with Crippen LogP contribution in [0.25, 0.3) is 6.08 Å². The molecule has 0 radical (unpaired) electrons. The summed E-state index contributed by atoms with van der Waals surface area (Å²) in [5.41, 5.74) is 1.06. The zero-order valence-corrected chi connectivity index (χ0v) is 16.3. The molecule has 9 heteroatoms. The van der Waals surface area contributed by atoms with Gasteiger partial charge in [0, 0.05) is 17.7 Å². The number of non-ortho nitro benzene ring substituents is 1. The van der Waals surface area contributed by atoms with E-state index in [0.29, 0.717) is 11.1 Å². The summed E-state index contributed by atoms with van der Waals surface area (Å²) in [4.78, 5) is 27.2. The van der Waals surface area contributed by atoms with Crippen LogP contribution in [-0.4, -0.2) is 33.3 Å². The highest BCUT2D eigenvalue weighted by Gasteiger charge is 2.33. The minimum absolute atomic E-state index is 0.0529. The average Bonchev–Trinajstić information content (AvgIpc) is 3.00. The van der Waals surface area contributed by atoms with E-state index in [9.17, 15) is 25.1 Å². The van der Waals surface area contributed by atoms with Crippen LogP contribution in [0.15, 0.2) is 63.7 Å². The molecule has 2 N–H and O–H groups in total. The number of phenolic OH excluding ortho intramolecular Hbond substituents is 1. The van der Waals surface area contributed by atoms with Crippen molar-refractivity contribution in [1.29, 1.82) is 0 Å². The number of aliphatic hydroxyl groups is 1. The highest BCUT2D eigenvalue weighted by atomic mass is 32.2. The Morgan fingerprint density at radius 2 is 1.97 bits per heavy atom. The molecule has 0 aliphatic carbocycles. The first kappa shape index (κ1) is 20.2. The third-order valence-electron chi connectivity index (χ3n) is 4.11. The standard InChI is InChI=1S/C20H16N2O6S/c1-11-5-3-6-12(17(11)23)9-15-18(24)16(20(25)28-2)19(29-15)21-13-7-4-8-14(10-13)22(26)27/h3-10,23-24H,1-2H3/b15-9+,21-19?. The molecule has 0 amide bonds. The number of nitrogens with zero attached hydrogens (tertiary/aromatic N) is 2. The molecule has 1 aliphatic rings. The molecule has 8 nitrogen and oxygen atoms in total. The molecule has 0 saturated carbocycles. The molecule has 29 heavy (non-hydrogen) atoms. The Bertz CT molecular complexity index is 1100. The zero-order valence-electron chi connectivity index (χ0n) is 15.4. The molecule has 2 aromatic rings. The van der Waals surface area contributed by atoms with Gasteiger partial charge in [0.25, 0.3) is 5.69 Å². The molecule has 148 valence electrons. The van der Waals surface area contributed by atoms with Gasteiger partial charge in [0.2, 0.25) is 0 Å². The lowest BCUT2D eigenvalue weighted by atomic mass is 10.1. The first-order valence-electron chi connectivity index (χ1n) is 8.35. The highest BCUT2D eigenvalue weighted by Crippen LogP contribution is 2.41. The average molecular weight is 412 g/mol. The van der Waals surface area contributed by atoms with Gasteiger partial charge in [-0.2, -0.15) is 0 Å². The summed E-state index contributed by atoms with van der Waals surface area (Å²) in [6.45, 7) is 1.74. The first-order chi connectivity index (χ1) is 13.8. The molecule has 0 bridgehead atoms. The van der Waals surface area contributed by atoms with Crippen molar-refractivity contribution in [2.24, 2.45) is 4.99 Å². The highest BCUT2D eigenvalue weighted by molar-refractivity contribution is 8.18. The maximum Gasteiger partial charge on any atom is 0.344 e. The molecule has 3 rings (SSSR count). The van der Waals surface area contributed by atoms with E-state index in [-0.39, 0.29) is 38.4 Å². The second-order valence-corrected chi connectivity index (χ2v) is 7.06. The Kier molecular flexibility index (Phi) is 5.69. The number of aliphatic imine (C=N–C) groups is 1. The predicted octanol–water partition coefficient (Wildman–Crippen LogP) is 4.41. The SMILES string of the molecule is COC(=O)C1=C(O)/C(=C\c2cccc(C)c2O)SC1=Nc1cccc([N+](=O)[O-])c1. The van der Waals surface area contributed by atoms with E-state index in [2.05, 4.69) is 4.99 Å². The number of ether oxygens (including phenoxy) is 1. The normalized spacial score (nSPS) is 16.5. The third-order valence-corrected chi connectivity index (χ3v) is 5.13. The summed E-state index contributed by atoms with van der Waals surface area (Å²) in [7, 11) is 1.17. The minimum Gasteiger partial charge on any atom is -0.507 e. The van der Waals surface area contributed by atoms with Crippen LogP contribution in [0.5, 0.6) is 5.75 Å². The molecule has 0 unspecified atom stereocenters. The quantitative estimate of drug-likeness (QED) is 0.433. The number of aromatic hydroxyl groups is 1. The van der Waals surface area contributed by atoms with E-state index in [0.717, 1.165) is 11.8 Å². The van der Waals surface area contributed by atoms with Crippen LogP contribution in [0.1, 0.15) is 11.1 Å². The second kappa shape index (κ2) is 8.19. The fourth-order valence-corrected chi connectivity index (χ4v) is 3.65. The van der Waals surface area contributed by atoms with Crippen molar-refractivity contribution < 1.29 is 24.7 Å². The number of rotatable bonds is 4.